The van der Waals surface area contributed by atoms with E-state index in [-0.39, 0.29) is 34.1 Å². The molecule has 0 spiro atoms. The number of hydrogen-bond acceptors (Lipinski definition) is 3. The predicted molar refractivity (Wildman–Crippen MR) is 27.8 cm³/mol. The SMILES string of the molecule is CNC=N[NH-].NO.[Mn].[Mn]. The van der Waals surface area contributed by atoms with Crippen LogP contribution < -0.4 is 11.2 Å². The Kier molecular flexibility index (Phi) is 105. The van der Waals surface area contributed by atoms with Crippen molar-refractivity contribution < 1.29 is 39.3 Å². The maximum atomic E-state index is 6.50. The smallest absolute Gasteiger partial charge is 0.0666 e. The molecule has 0 amide bonds. The fourth-order valence-electron chi connectivity index (χ4n) is 0.0645. The summed E-state index contributed by atoms with van der Waals surface area (Å²) in [5.74, 6) is 9.61. The van der Waals surface area contributed by atoms with Crippen molar-refractivity contribution in [2.24, 2.45) is 11.0 Å². The Morgan fingerprint density at radius 3 is 1.89 bits per heavy atom. The van der Waals surface area contributed by atoms with Crippen LogP contribution in [0.1, 0.15) is 0 Å². The molecule has 0 aliphatic rings. The van der Waals surface area contributed by atoms with Gasteiger partial charge in [-0.05, 0) is 0 Å². The van der Waals surface area contributed by atoms with E-state index in [4.69, 9.17) is 11.0 Å². The van der Waals surface area contributed by atoms with Gasteiger partial charge in [-0.3, -0.25) is 0 Å². The van der Waals surface area contributed by atoms with E-state index in [0.29, 0.717) is 0 Å². The van der Waals surface area contributed by atoms with Gasteiger partial charge in [-0.25, -0.2) is 5.90 Å². The molecule has 5 N–H and O–H groups in total. The summed E-state index contributed by atoms with van der Waals surface area (Å²) in [6.45, 7) is 0. The first kappa shape index (κ1) is 22.9. The number of nitrogens with zero attached hydrogens (tertiary/aromatic N) is 1. The summed E-state index contributed by atoms with van der Waals surface area (Å²) in [4.78, 5) is 0. The van der Waals surface area contributed by atoms with Gasteiger partial charge in [-0.15, -0.1) is 0 Å². The summed E-state index contributed by atoms with van der Waals surface area (Å²) in [5, 5.41) is 11.9. The van der Waals surface area contributed by atoms with Gasteiger partial charge in [0.2, 0.25) is 0 Å². The molecule has 0 atom stereocenters. The predicted octanol–water partition coefficient (Wildman–Crippen LogP) is -0.469. The van der Waals surface area contributed by atoms with Crippen molar-refractivity contribution in [2.75, 3.05) is 7.05 Å². The molecule has 0 aromatic carbocycles. The molecule has 58 valence electrons. The fourth-order valence-corrected chi connectivity index (χ4v) is 0.0645. The van der Waals surface area contributed by atoms with Gasteiger partial charge < -0.3 is 21.5 Å². The zero-order valence-corrected chi connectivity index (χ0v) is 7.17. The minimum Gasteiger partial charge on any atom is -0.615 e. The van der Waals surface area contributed by atoms with Gasteiger partial charge in [0.1, 0.15) is 0 Å². The van der Waals surface area contributed by atoms with E-state index in [2.05, 4.69) is 16.3 Å². The Hall–Kier alpha value is 0.229. The molecule has 0 aromatic heterocycles. The van der Waals surface area contributed by atoms with Crippen LogP contribution in [0.15, 0.2) is 5.10 Å². The monoisotopic (exact) mass is 215 g/mol. The van der Waals surface area contributed by atoms with Crippen molar-refractivity contribution in [3.8, 4) is 0 Å². The molecule has 2 radical (unpaired) electrons. The van der Waals surface area contributed by atoms with Crippen LogP contribution in [0, 0.1) is 0 Å². The third-order valence-electron chi connectivity index (χ3n) is 0.194. The molecule has 0 aliphatic heterocycles. The van der Waals surface area contributed by atoms with Crippen LogP contribution in [0.2, 0.25) is 0 Å². The van der Waals surface area contributed by atoms with Crippen LogP contribution in [0.25, 0.3) is 5.84 Å². The maximum Gasteiger partial charge on any atom is 0.0666 e. The number of nitrogens with two attached hydrogens (primary N) is 1. The van der Waals surface area contributed by atoms with Gasteiger partial charge in [-0.1, -0.05) is 0 Å². The zero-order valence-electron chi connectivity index (χ0n) is 4.81. The molecular weight excluding hydrogens is 206 g/mol. The minimum atomic E-state index is 0. The summed E-state index contributed by atoms with van der Waals surface area (Å²) in [6, 6.07) is 0. The van der Waals surface area contributed by atoms with Gasteiger partial charge in [0.15, 0.2) is 0 Å². The molecular formula is C2H9Mn2N4O-. The van der Waals surface area contributed by atoms with Crippen molar-refractivity contribution in [1.29, 1.82) is 0 Å². The Morgan fingerprint density at radius 1 is 1.56 bits per heavy atom. The maximum absolute atomic E-state index is 6.50. The molecule has 0 saturated heterocycles. The topological polar surface area (TPSA) is 94.4 Å². The Morgan fingerprint density at radius 2 is 1.89 bits per heavy atom. The first-order valence-electron chi connectivity index (χ1n) is 1.53. The van der Waals surface area contributed by atoms with Gasteiger partial charge in [0.25, 0.3) is 0 Å². The third-order valence-corrected chi connectivity index (χ3v) is 0.194. The van der Waals surface area contributed by atoms with E-state index in [9.17, 15) is 0 Å². The average Bonchev–Trinajstić information content (AvgIpc) is 1.75. The van der Waals surface area contributed by atoms with Crippen molar-refractivity contribution in [3.63, 3.8) is 0 Å². The van der Waals surface area contributed by atoms with Crippen molar-refractivity contribution in [1.82, 2.24) is 5.32 Å². The Balaban J connectivity index is -0.0000000286. The molecule has 5 nitrogen and oxygen atoms in total. The summed E-state index contributed by atoms with van der Waals surface area (Å²) < 4.78 is 0. The molecule has 0 bridgehead atoms. The van der Waals surface area contributed by atoms with E-state index in [1.807, 2.05) is 0 Å². The third kappa shape index (κ3) is 64.3. The fraction of sp³-hybridized carbons (Fsp3) is 0.500. The average molecular weight is 215 g/mol. The largest absolute Gasteiger partial charge is 0.615 e. The molecule has 0 rings (SSSR count). The second kappa shape index (κ2) is 41.2. The molecule has 9 heavy (non-hydrogen) atoms. The van der Waals surface area contributed by atoms with E-state index >= 15 is 0 Å². The Labute approximate surface area is 75.1 Å². The minimum absolute atomic E-state index is 0. The van der Waals surface area contributed by atoms with Crippen molar-refractivity contribution >= 4 is 6.34 Å². The van der Waals surface area contributed by atoms with Crippen molar-refractivity contribution in [2.45, 2.75) is 0 Å². The van der Waals surface area contributed by atoms with E-state index < -0.39 is 0 Å². The van der Waals surface area contributed by atoms with Gasteiger partial charge in [0, 0.05) is 41.2 Å². The van der Waals surface area contributed by atoms with Crippen LogP contribution >= 0.6 is 0 Å². The molecule has 0 aliphatic carbocycles. The molecule has 0 fully saturated rings. The molecule has 0 unspecified atom stereocenters. The standard InChI is InChI=1S/C2H6N3.2Mn.H3NO/c1-4-2-5-3;;;1-2/h2-3H,1H3,(H,4,5);;;2H,1H2/q-1;;;. The van der Waals surface area contributed by atoms with Gasteiger partial charge in [0.05, 0.1) is 6.34 Å². The van der Waals surface area contributed by atoms with E-state index in [1.165, 1.54) is 6.34 Å². The summed E-state index contributed by atoms with van der Waals surface area (Å²) >= 11 is 0. The van der Waals surface area contributed by atoms with Gasteiger partial charge in [-0.2, -0.15) is 0 Å². The van der Waals surface area contributed by atoms with Crippen LogP contribution in [-0.4, -0.2) is 18.6 Å². The number of nitrogens with one attached hydrogen (secondary N) is 2. The van der Waals surface area contributed by atoms with Crippen LogP contribution in [0.3, 0.4) is 0 Å². The van der Waals surface area contributed by atoms with Crippen molar-refractivity contribution in [3.05, 3.63) is 5.84 Å². The van der Waals surface area contributed by atoms with Crippen LogP contribution in [0.4, 0.5) is 0 Å². The normalized spacial score (nSPS) is 5.67. The molecule has 7 heteroatoms. The first-order chi connectivity index (χ1) is 3.41. The van der Waals surface area contributed by atoms with E-state index in [0.717, 1.165) is 0 Å². The summed E-state index contributed by atoms with van der Waals surface area (Å²) in [5.41, 5.74) is 0. The van der Waals surface area contributed by atoms with Crippen LogP contribution in [0.5, 0.6) is 0 Å². The molecule has 0 saturated carbocycles. The summed E-state index contributed by atoms with van der Waals surface area (Å²) in [7, 11) is 1.69. The second-order valence-corrected chi connectivity index (χ2v) is 0.547. The molecule has 0 heterocycles. The van der Waals surface area contributed by atoms with E-state index in [1.54, 1.807) is 7.05 Å². The first-order valence-corrected chi connectivity index (χ1v) is 1.53. The second-order valence-electron chi connectivity index (χ2n) is 0.547. The summed E-state index contributed by atoms with van der Waals surface area (Å²) in [6.07, 6.45) is 1.29. The number of hydrogen-bond donors (Lipinski definition) is 3. The van der Waals surface area contributed by atoms with Gasteiger partial charge >= 0.3 is 0 Å². The Bertz CT molecular complexity index is 43.5. The molecule has 0 aromatic rings. The van der Waals surface area contributed by atoms with Crippen LogP contribution in [-0.2, 0) is 34.1 Å². The zero-order chi connectivity index (χ0) is 6.12. The number of rotatable bonds is 1. The quantitative estimate of drug-likeness (QED) is 0.239.